The van der Waals surface area contributed by atoms with Gasteiger partial charge in [-0.3, -0.25) is 4.79 Å². The van der Waals surface area contributed by atoms with Gasteiger partial charge >= 0.3 is 5.97 Å². The summed E-state index contributed by atoms with van der Waals surface area (Å²) in [5.41, 5.74) is 0. The highest BCUT2D eigenvalue weighted by molar-refractivity contribution is 5.69. The van der Waals surface area contributed by atoms with Crippen molar-refractivity contribution < 1.29 is 44.2 Å². The summed E-state index contributed by atoms with van der Waals surface area (Å²) in [4.78, 5) is 12.4. The van der Waals surface area contributed by atoms with Crippen LogP contribution in [0.25, 0.3) is 0 Å². The predicted octanol–water partition coefficient (Wildman–Crippen LogP) is 7.30. The van der Waals surface area contributed by atoms with Crippen LogP contribution in [0.1, 0.15) is 162 Å². The molecule has 1 heterocycles. The SMILES string of the molecule is CCCCCCCC/C=C\CCCCCCCCCCCCOCC(COC1OC(CO)C(O)C(O)C1O)OC(=O)CCCCCC. The third kappa shape index (κ3) is 23.1. The molecule has 9 nitrogen and oxygen atoms in total. The number of rotatable bonds is 32. The molecular formula is C38H72O9. The molecule has 1 saturated heterocycles. The first-order valence-corrected chi connectivity index (χ1v) is 19.3. The second kappa shape index (κ2) is 30.9. The summed E-state index contributed by atoms with van der Waals surface area (Å²) >= 11 is 0. The van der Waals surface area contributed by atoms with Gasteiger partial charge in [0.25, 0.3) is 0 Å². The fourth-order valence-corrected chi connectivity index (χ4v) is 5.84. The summed E-state index contributed by atoms with van der Waals surface area (Å²) in [5.74, 6) is -0.331. The summed E-state index contributed by atoms with van der Waals surface area (Å²) in [6.45, 7) is 4.43. The zero-order valence-electron chi connectivity index (χ0n) is 30.0. The van der Waals surface area contributed by atoms with E-state index < -0.39 is 43.4 Å². The van der Waals surface area contributed by atoms with Gasteiger partial charge in [-0.15, -0.1) is 0 Å². The number of unbranched alkanes of at least 4 members (excludes halogenated alkanes) is 19. The highest BCUT2D eigenvalue weighted by Gasteiger charge is 2.44. The Balaban J connectivity index is 2.14. The van der Waals surface area contributed by atoms with E-state index in [0.717, 1.165) is 38.5 Å². The van der Waals surface area contributed by atoms with Crippen molar-refractivity contribution in [1.29, 1.82) is 0 Å². The molecule has 278 valence electrons. The molecule has 0 amide bonds. The van der Waals surface area contributed by atoms with Crippen LogP contribution in [0.5, 0.6) is 0 Å². The van der Waals surface area contributed by atoms with Crippen molar-refractivity contribution in [3.8, 4) is 0 Å². The molecule has 0 bridgehead atoms. The molecule has 4 N–H and O–H groups in total. The van der Waals surface area contributed by atoms with E-state index in [-0.39, 0.29) is 19.2 Å². The quantitative estimate of drug-likeness (QED) is 0.0330. The van der Waals surface area contributed by atoms with Crippen LogP contribution >= 0.6 is 0 Å². The number of aliphatic hydroxyl groups excluding tert-OH is 4. The van der Waals surface area contributed by atoms with E-state index in [0.29, 0.717) is 13.0 Å². The third-order valence-electron chi connectivity index (χ3n) is 8.93. The van der Waals surface area contributed by atoms with Gasteiger partial charge in [-0.1, -0.05) is 129 Å². The Bertz CT molecular complexity index is 732. The zero-order valence-corrected chi connectivity index (χ0v) is 30.0. The van der Waals surface area contributed by atoms with E-state index in [9.17, 15) is 25.2 Å². The summed E-state index contributed by atoms with van der Waals surface area (Å²) in [6.07, 6.45) is 24.4. The van der Waals surface area contributed by atoms with E-state index in [1.54, 1.807) is 0 Å². The fraction of sp³-hybridized carbons (Fsp3) is 0.921. The molecule has 0 aromatic rings. The van der Waals surface area contributed by atoms with Crippen LogP contribution in [0.3, 0.4) is 0 Å². The first-order valence-electron chi connectivity index (χ1n) is 19.3. The van der Waals surface area contributed by atoms with E-state index in [4.69, 9.17) is 18.9 Å². The van der Waals surface area contributed by atoms with Crippen LogP contribution in [-0.2, 0) is 23.7 Å². The summed E-state index contributed by atoms with van der Waals surface area (Å²) in [5, 5.41) is 39.7. The lowest BCUT2D eigenvalue weighted by Crippen LogP contribution is -2.59. The molecular weight excluding hydrogens is 600 g/mol. The highest BCUT2D eigenvalue weighted by Crippen LogP contribution is 2.22. The molecule has 0 radical (unpaired) electrons. The van der Waals surface area contributed by atoms with Gasteiger partial charge in [0.15, 0.2) is 6.29 Å². The number of carbonyl (C=O) groups excluding carboxylic acids is 1. The van der Waals surface area contributed by atoms with Crippen molar-refractivity contribution in [2.45, 2.75) is 198 Å². The third-order valence-corrected chi connectivity index (χ3v) is 8.93. The van der Waals surface area contributed by atoms with Crippen LogP contribution < -0.4 is 0 Å². The van der Waals surface area contributed by atoms with E-state index in [1.807, 2.05) is 0 Å². The number of ether oxygens (including phenoxy) is 4. The number of carbonyl (C=O) groups is 1. The molecule has 1 aliphatic rings. The number of allylic oxidation sites excluding steroid dienone is 2. The molecule has 0 aromatic carbocycles. The van der Waals surface area contributed by atoms with Crippen LogP contribution in [0, 0.1) is 0 Å². The molecule has 6 unspecified atom stereocenters. The molecule has 0 spiro atoms. The van der Waals surface area contributed by atoms with Gasteiger partial charge in [0.1, 0.15) is 30.5 Å². The Hall–Kier alpha value is -1.07. The standard InChI is InChI=1S/C38H72O9/c1-3-5-7-9-10-11-12-13-14-15-16-17-18-19-20-21-22-23-24-26-28-44-30-32(46-34(40)27-25-8-6-4-2)31-45-38-37(43)36(42)35(41)33(29-39)47-38/h13-14,32-33,35-39,41-43H,3-12,15-31H2,1-2H3/b14-13-. The van der Waals surface area contributed by atoms with E-state index in [1.165, 1.54) is 103 Å². The normalized spacial score (nSPS) is 22.2. The lowest BCUT2D eigenvalue weighted by molar-refractivity contribution is -0.305. The highest BCUT2D eigenvalue weighted by atomic mass is 16.7. The van der Waals surface area contributed by atoms with Crippen molar-refractivity contribution in [3.63, 3.8) is 0 Å². The summed E-state index contributed by atoms with van der Waals surface area (Å²) < 4.78 is 22.5. The van der Waals surface area contributed by atoms with Crippen LogP contribution in [0.2, 0.25) is 0 Å². The zero-order chi connectivity index (χ0) is 34.4. The molecule has 1 aliphatic heterocycles. The van der Waals surface area contributed by atoms with Crippen molar-refractivity contribution in [3.05, 3.63) is 12.2 Å². The van der Waals surface area contributed by atoms with Gasteiger partial charge in [-0.25, -0.2) is 0 Å². The lowest BCUT2D eigenvalue weighted by Gasteiger charge is -2.39. The van der Waals surface area contributed by atoms with Crippen LogP contribution in [0.4, 0.5) is 0 Å². The maximum absolute atomic E-state index is 12.4. The minimum atomic E-state index is -1.53. The maximum Gasteiger partial charge on any atom is 0.306 e. The fourth-order valence-electron chi connectivity index (χ4n) is 5.84. The number of hydrogen-bond acceptors (Lipinski definition) is 9. The van der Waals surface area contributed by atoms with Crippen LogP contribution in [-0.4, -0.2) is 89.6 Å². The molecule has 1 rings (SSSR count). The van der Waals surface area contributed by atoms with Crippen LogP contribution in [0.15, 0.2) is 12.2 Å². The first kappa shape index (κ1) is 44.0. The average molecular weight is 673 g/mol. The minimum absolute atomic E-state index is 0.112. The minimum Gasteiger partial charge on any atom is -0.457 e. The number of aliphatic hydroxyl groups is 4. The topological polar surface area (TPSA) is 135 Å². The Morgan fingerprint density at radius 1 is 0.660 bits per heavy atom. The van der Waals surface area contributed by atoms with Crippen molar-refractivity contribution >= 4 is 5.97 Å². The van der Waals surface area contributed by atoms with Gasteiger partial charge in [0.2, 0.25) is 0 Å². The molecule has 9 heteroatoms. The second-order valence-electron chi connectivity index (χ2n) is 13.4. The molecule has 0 saturated carbocycles. The summed E-state index contributed by atoms with van der Waals surface area (Å²) in [6, 6.07) is 0. The van der Waals surface area contributed by atoms with E-state index >= 15 is 0 Å². The number of esters is 1. The first-order chi connectivity index (χ1) is 22.9. The van der Waals surface area contributed by atoms with Gasteiger partial charge in [0, 0.05) is 13.0 Å². The van der Waals surface area contributed by atoms with E-state index in [2.05, 4.69) is 26.0 Å². The van der Waals surface area contributed by atoms with Crippen molar-refractivity contribution in [2.75, 3.05) is 26.4 Å². The average Bonchev–Trinajstić information content (AvgIpc) is 3.07. The Morgan fingerprint density at radius 2 is 1.17 bits per heavy atom. The Kier molecular flexibility index (Phi) is 28.9. The van der Waals surface area contributed by atoms with Crippen molar-refractivity contribution in [2.24, 2.45) is 0 Å². The second-order valence-corrected chi connectivity index (χ2v) is 13.4. The molecule has 0 aliphatic carbocycles. The maximum atomic E-state index is 12.4. The number of hydrogen-bond donors (Lipinski definition) is 4. The smallest absolute Gasteiger partial charge is 0.306 e. The monoisotopic (exact) mass is 673 g/mol. The largest absolute Gasteiger partial charge is 0.457 e. The van der Waals surface area contributed by atoms with Gasteiger partial charge < -0.3 is 39.4 Å². The van der Waals surface area contributed by atoms with Gasteiger partial charge in [-0.2, -0.15) is 0 Å². The lowest BCUT2D eigenvalue weighted by atomic mass is 9.99. The Labute approximate surface area is 286 Å². The molecule has 0 aromatic heterocycles. The molecule has 6 atom stereocenters. The molecule has 47 heavy (non-hydrogen) atoms. The summed E-state index contributed by atoms with van der Waals surface area (Å²) in [7, 11) is 0. The molecule has 1 fully saturated rings. The van der Waals surface area contributed by atoms with Crippen molar-refractivity contribution in [1.82, 2.24) is 0 Å². The Morgan fingerprint density at radius 3 is 1.72 bits per heavy atom. The van der Waals surface area contributed by atoms with Gasteiger partial charge in [0.05, 0.1) is 19.8 Å². The predicted molar refractivity (Wildman–Crippen MR) is 187 cm³/mol. The van der Waals surface area contributed by atoms with Gasteiger partial charge in [-0.05, 0) is 38.5 Å².